The fraction of sp³-hybridized carbons (Fsp3) is 0.450. The van der Waals surface area contributed by atoms with E-state index in [0.29, 0.717) is 16.1 Å². The monoisotopic (exact) mass is 409 g/mol. The molecule has 7 heteroatoms. The smallest absolute Gasteiger partial charge is 0.257 e. The van der Waals surface area contributed by atoms with E-state index in [0.717, 1.165) is 38.3 Å². The average Bonchev–Trinajstić information content (AvgIpc) is 2.66. The number of hydrogen-bond donors (Lipinski definition) is 1. The van der Waals surface area contributed by atoms with Gasteiger partial charge in [-0.05, 0) is 44.5 Å². The average molecular weight is 410 g/mol. The third kappa shape index (κ3) is 4.98. The van der Waals surface area contributed by atoms with E-state index < -0.39 is 0 Å². The van der Waals surface area contributed by atoms with Crippen LogP contribution in [-0.2, 0) is 0 Å². The van der Waals surface area contributed by atoms with E-state index >= 15 is 0 Å². The third-order valence-electron chi connectivity index (χ3n) is 4.95. The summed E-state index contributed by atoms with van der Waals surface area (Å²) in [6.07, 6.45) is 2.43. The summed E-state index contributed by atoms with van der Waals surface area (Å²) in [5.74, 6) is 0.363. The molecule has 0 bridgehead atoms. The van der Waals surface area contributed by atoms with Gasteiger partial charge in [-0.15, -0.1) is 0 Å². The molecule has 2 unspecified atom stereocenters. The third-order valence-corrected chi connectivity index (χ3v) is 5.76. The summed E-state index contributed by atoms with van der Waals surface area (Å²) in [7, 11) is 0. The van der Waals surface area contributed by atoms with Gasteiger partial charge in [0.1, 0.15) is 0 Å². The summed E-state index contributed by atoms with van der Waals surface area (Å²) in [5, 5.41) is 11.0. The van der Waals surface area contributed by atoms with E-state index in [2.05, 4.69) is 21.7 Å². The van der Waals surface area contributed by atoms with Crippen LogP contribution in [-0.4, -0.2) is 53.3 Å². The van der Waals surface area contributed by atoms with Crippen molar-refractivity contribution in [2.75, 3.05) is 31.1 Å². The molecule has 1 aliphatic rings. The van der Waals surface area contributed by atoms with E-state index in [4.69, 9.17) is 27.9 Å². The Morgan fingerprint density at radius 2 is 1.85 bits per heavy atom. The van der Waals surface area contributed by atoms with Crippen molar-refractivity contribution < 1.29 is 9.84 Å². The minimum Gasteiger partial charge on any atom is -0.503 e. The molecule has 1 N–H and O–H groups in total. The topological polar surface area (TPSA) is 48.8 Å². The molecule has 1 fully saturated rings. The number of aromatic hydroxyl groups is 1. The largest absolute Gasteiger partial charge is 0.503 e. The zero-order valence-electron chi connectivity index (χ0n) is 15.6. The number of hydrogen-bond acceptors (Lipinski definition) is 5. The van der Waals surface area contributed by atoms with Crippen LogP contribution in [0.4, 0.5) is 5.69 Å². The summed E-state index contributed by atoms with van der Waals surface area (Å²) in [5.41, 5.74) is 0.999. The maximum Gasteiger partial charge on any atom is 0.257 e. The summed E-state index contributed by atoms with van der Waals surface area (Å²) in [6.45, 7) is 7.92. The highest BCUT2D eigenvalue weighted by molar-refractivity contribution is 6.43. The lowest BCUT2D eigenvalue weighted by molar-refractivity contribution is 0.124. The second kappa shape index (κ2) is 9.00. The van der Waals surface area contributed by atoms with Gasteiger partial charge in [-0.1, -0.05) is 29.3 Å². The molecule has 0 spiro atoms. The second-order valence-electron chi connectivity index (χ2n) is 6.94. The number of pyridine rings is 1. The number of rotatable bonds is 6. The Morgan fingerprint density at radius 1 is 1.11 bits per heavy atom. The molecule has 1 aromatic carbocycles. The van der Waals surface area contributed by atoms with Crippen LogP contribution in [0.15, 0.2) is 36.5 Å². The predicted octanol–water partition coefficient (Wildman–Crippen LogP) is 4.46. The number of anilines is 1. The zero-order chi connectivity index (χ0) is 19.4. The van der Waals surface area contributed by atoms with Gasteiger partial charge in [0.25, 0.3) is 5.88 Å². The minimum absolute atomic E-state index is 0.0406. The fourth-order valence-corrected chi connectivity index (χ4v) is 3.90. The molecule has 0 saturated carbocycles. The number of nitrogens with zero attached hydrogens (tertiary/aromatic N) is 3. The SMILES string of the molecule is CC(CC(C)N1CCN(c2cccc(Cl)c2Cl)CC1)Oc1ncccc1O. The molecule has 0 amide bonds. The Bertz CT molecular complexity index is 767. The van der Waals surface area contributed by atoms with E-state index in [1.165, 1.54) is 0 Å². The first-order valence-corrected chi connectivity index (χ1v) is 9.95. The van der Waals surface area contributed by atoms with Crippen LogP contribution in [0.1, 0.15) is 20.3 Å². The quantitative estimate of drug-likeness (QED) is 0.762. The van der Waals surface area contributed by atoms with Gasteiger partial charge < -0.3 is 14.7 Å². The molecule has 146 valence electrons. The lowest BCUT2D eigenvalue weighted by Gasteiger charge is -2.40. The standard InChI is InChI=1S/C20H25Cl2N3O2/c1-14(13-15(2)27-20-18(26)7-4-8-23-20)24-9-11-25(12-10-24)17-6-3-5-16(21)19(17)22/h3-8,14-15,26H,9-13H2,1-2H3. The molecule has 3 rings (SSSR count). The lowest BCUT2D eigenvalue weighted by Crippen LogP contribution is -2.50. The van der Waals surface area contributed by atoms with Crippen molar-refractivity contribution in [3.05, 3.63) is 46.6 Å². The normalized spacial score (nSPS) is 17.6. The molecule has 0 aliphatic carbocycles. The van der Waals surface area contributed by atoms with Crippen LogP contribution < -0.4 is 9.64 Å². The Hall–Kier alpha value is -1.69. The maximum absolute atomic E-state index is 9.80. The first kappa shape index (κ1) is 20.1. The summed E-state index contributed by atoms with van der Waals surface area (Å²) < 4.78 is 5.80. The zero-order valence-corrected chi connectivity index (χ0v) is 17.1. The molecule has 1 aromatic heterocycles. The van der Waals surface area contributed by atoms with Crippen molar-refractivity contribution in [3.63, 3.8) is 0 Å². The van der Waals surface area contributed by atoms with Crippen molar-refractivity contribution in [2.45, 2.75) is 32.4 Å². The molecular weight excluding hydrogens is 385 g/mol. The van der Waals surface area contributed by atoms with E-state index in [1.54, 1.807) is 18.3 Å². The molecule has 5 nitrogen and oxygen atoms in total. The molecule has 27 heavy (non-hydrogen) atoms. The number of ether oxygens (including phenoxy) is 1. The van der Waals surface area contributed by atoms with E-state index in [-0.39, 0.29) is 17.7 Å². The number of piperazine rings is 1. The Labute approximate surface area is 170 Å². The lowest BCUT2D eigenvalue weighted by atomic mass is 10.1. The van der Waals surface area contributed by atoms with Crippen molar-refractivity contribution in [2.24, 2.45) is 0 Å². The molecule has 1 saturated heterocycles. The minimum atomic E-state index is -0.0406. The van der Waals surface area contributed by atoms with Crippen LogP contribution in [0.3, 0.4) is 0 Å². The molecule has 2 heterocycles. The van der Waals surface area contributed by atoms with Crippen molar-refractivity contribution in [1.29, 1.82) is 0 Å². The number of aromatic nitrogens is 1. The number of halogens is 2. The van der Waals surface area contributed by atoms with E-state index in [1.807, 2.05) is 25.1 Å². The summed E-state index contributed by atoms with van der Waals surface area (Å²) in [6, 6.07) is 9.39. The van der Waals surface area contributed by atoms with Gasteiger partial charge in [-0.2, -0.15) is 0 Å². The van der Waals surface area contributed by atoms with Gasteiger partial charge in [-0.3, -0.25) is 4.90 Å². The Morgan fingerprint density at radius 3 is 2.56 bits per heavy atom. The van der Waals surface area contributed by atoms with Gasteiger partial charge in [0.05, 0.1) is 21.8 Å². The summed E-state index contributed by atoms with van der Waals surface area (Å²) >= 11 is 12.5. The van der Waals surface area contributed by atoms with Crippen LogP contribution in [0.25, 0.3) is 0 Å². The van der Waals surface area contributed by atoms with Crippen molar-refractivity contribution in [3.8, 4) is 11.6 Å². The maximum atomic E-state index is 9.80. The van der Waals surface area contributed by atoms with Crippen LogP contribution in [0, 0.1) is 0 Å². The summed E-state index contributed by atoms with van der Waals surface area (Å²) in [4.78, 5) is 8.81. The highest BCUT2D eigenvalue weighted by Crippen LogP contribution is 2.33. The molecule has 2 aromatic rings. The number of benzene rings is 1. The van der Waals surface area contributed by atoms with Gasteiger partial charge in [0.15, 0.2) is 5.75 Å². The van der Waals surface area contributed by atoms with Crippen LogP contribution in [0.2, 0.25) is 10.0 Å². The predicted molar refractivity (Wildman–Crippen MR) is 110 cm³/mol. The fourth-order valence-electron chi connectivity index (χ4n) is 3.48. The Balaban J connectivity index is 1.51. The Kier molecular flexibility index (Phi) is 6.68. The van der Waals surface area contributed by atoms with Crippen molar-refractivity contribution >= 4 is 28.9 Å². The molecule has 0 radical (unpaired) electrons. The first-order chi connectivity index (χ1) is 13.0. The van der Waals surface area contributed by atoms with Crippen molar-refractivity contribution in [1.82, 2.24) is 9.88 Å². The molecular formula is C20H25Cl2N3O2. The van der Waals surface area contributed by atoms with Crippen LogP contribution >= 0.6 is 23.2 Å². The van der Waals surface area contributed by atoms with Gasteiger partial charge >= 0.3 is 0 Å². The molecule has 2 atom stereocenters. The van der Waals surface area contributed by atoms with Gasteiger partial charge in [0.2, 0.25) is 0 Å². The first-order valence-electron chi connectivity index (χ1n) is 9.19. The second-order valence-corrected chi connectivity index (χ2v) is 7.72. The van der Waals surface area contributed by atoms with E-state index in [9.17, 15) is 5.11 Å². The molecule has 1 aliphatic heterocycles. The van der Waals surface area contributed by atoms with Gasteiger partial charge in [0, 0.05) is 38.4 Å². The van der Waals surface area contributed by atoms with Gasteiger partial charge in [-0.25, -0.2) is 4.98 Å². The highest BCUT2D eigenvalue weighted by atomic mass is 35.5. The highest BCUT2D eigenvalue weighted by Gasteiger charge is 2.24. The van der Waals surface area contributed by atoms with Crippen LogP contribution in [0.5, 0.6) is 11.6 Å².